The number of benzene rings is 1. The second-order valence-corrected chi connectivity index (χ2v) is 10.1. The van der Waals surface area contributed by atoms with E-state index in [2.05, 4.69) is 25.6 Å². The minimum atomic E-state index is -0.404. The van der Waals surface area contributed by atoms with Gasteiger partial charge in [0.15, 0.2) is 0 Å². The van der Waals surface area contributed by atoms with Gasteiger partial charge in [0.1, 0.15) is 35.7 Å². The van der Waals surface area contributed by atoms with Crippen molar-refractivity contribution in [3.05, 3.63) is 41.1 Å². The van der Waals surface area contributed by atoms with Crippen molar-refractivity contribution in [1.29, 1.82) is 0 Å². The number of H-pyrrole nitrogens is 1. The Morgan fingerprint density at radius 3 is 2.59 bits per heavy atom. The molecule has 0 spiro atoms. The van der Waals surface area contributed by atoms with Crippen LogP contribution in [-0.4, -0.2) is 59.2 Å². The standard InChI is InChI=1S/C27H32FN5O4/c1-14-4-9-19(37-11-16-5-6-16)22(23(14)28)25-26-24(29-13-30-25)21(15(2)31-26)27(35)33-18-8-7-17(10-18)32-20(34)12-36-3/h4,9,13,16-18,31H,5-8,10-12H2,1-3H3,(H,32,34)(H,33,35)/t17-,18-/m0/s1. The SMILES string of the molecule is COCC(=O)N[C@H]1CC[C@H](NC(=O)c2c(C)[nH]c3c(-c4c(OCC5CC5)ccc(C)c4F)ncnc23)C1. The van der Waals surface area contributed by atoms with Gasteiger partial charge >= 0.3 is 0 Å². The van der Waals surface area contributed by atoms with Crippen molar-refractivity contribution in [2.75, 3.05) is 20.3 Å². The van der Waals surface area contributed by atoms with Gasteiger partial charge in [-0.2, -0.15) is 0 Å². The van der Waals surface area contributed by atoms with Gasteiger partial charge < -0.3 is 25.1 Å². The highest BCUT2D eigenvalue weighted by Crippen LogP contribution is 2.39. The predicted molar refractivity (Wildman–Crippen MR) is 136 cm³/mol. The number of carbonyl (C=O) groups excluding carboxylic acids is 2. The Labute approximate surface area is 214 Å². The number of rotatable bonds is 9. The van der Waals surface area contributed by atoms with Crippen LogP contribution in [0.25, 0.3) is 22.3 Å². The zero-order valence-electron chi connectivity index (χ0n) is 21.3. The lowest BCUT2D eigenvalue weighted by Gasteiger charge is -2.15. The highest BCUT2D eigenvalue weighted by Gasteiger charge is 2.30. The monoisotopic (exact) mass is 509 g/mol. The molecule has 2 saturated carbocycles. The summed E-state index contributed by atoms with van der Waals surface area (Å²) >= 11 is 0. The topological polar surface area (TPSA) is 118 Å². The van der Waals surface area contributed by atoms with E-state index in [1.54, 1.807) is 26.0 Å². The van der Waals surface area contributed by atoms with E-state index in [4.69, 9.17) is 9.47 Å². The van der Waals surface area contributed by atoms with E-state index in [0.717, 1.165) is 25.7 Å². The van der Waals surface area contributed by atoms with Crippen LogP contribution < -0.4 is 15.4 Å². The van der Waals surface area contributed by atoms with Crippen molar-refractivity contribution in [2.24, 2.45) is 5.92 Å². The third-order valence-corrected chi connectivity index (χ3v) is 7.11. The smallest absolute Gasteiger partial charge is 0.255 e. The number of amides is 2. The van der Waals surface area contributed by atoms with Gasteiger partial charge in [-0.15, -0.1) is 0 Å². The third kappa shape index (κ3) is 5.29. The van der Waals surface area contributed by atoms with E-state index in [9.17, 15) is 9.59 Å². The van der Waals surface area contributed by atoms with Crippen molar-refractivity contribution < 1.29 is 23.5 Å². The molecule has 2 aromatic heterocycles. The first-order chi connectivity index (χ1) is 17.9. The van der Waals surface area contributed by atoms with Gasteiger partial charge in [0.25, 0.3) is 5.91 Å². The summed E-state index contributed by atoms with van der Waals surface area (Å²) in [5, 5.41) is 6.01. The molecule has 0 aliphatic heterocycles. The summed E-state index contributed by atoms with van der Waals surface area (Å²) in [6.07, 6.45) is 5.76. The Kier molecular flexibility index (Phi) is 7.10. The zero-order valence-corrected chi connectivity index (χ0v) is 21.3. The maximum Gasteiger partial charge on any atom is 0.255 e. The summed E-state index contributed by atoms with van der Waals surface area (Å²) in [6.45, 7) is 4.04. The predicted octanol–water partition coefficient (Wildman–Crippen LogP) is 3.58. The highest BCUT2D eigenvalue weighted by molar-refractivity contribution is 6.09. The van der Waals surface area contributed by atoms with Crippen LogP contribution in [0.4, 0.5) is 4.39 Å². The summed E-state index contributed by atoms with van der Waals surface area (Å²) in [7, 11) is 1.48. The molecule has 5 rings (SSSR count). The maximum atomic E-state index is 15.5. The fourth-order valence-electron chi connectivity index (χ4n) is 4.99. The minimum Gasteiger partial charge on any atom is -0.492 e. The molecule has 0 radical (unpaired) electrons. The van der Waals surface area contributed by atoms with Crippen molar-refractivity contribution in [2.45, 2.75) is 58.0 Å². The number of halogens is 1. The molecule has 2 aliphatic carbocycles. The molecule has 1 aromatic carbocycles. The number of nitrogens with zero attached hydrogens (tertiary/aromatic N) is 2. The summed E-state index contributed by atoms with van der Waals surface area (Å²) in [6, 6.07) is 3.38. The number of hydrogen-bond acceptors (Lipinski definition) is 6. The number of aryl methyl sites for hydroxylation is 2. The van der Waals surface area contributed by atoms with Gasteiger partial charge in [-0.3, -0.25) is 9.59 Å². The fraction of sp³-hybridized carbons (Fsp3) is 0.481. The van der Waals surface area contributed by atoms with Gasteiger partial charge in [0.05, 0.1) is 23.3 Å². The Morgan fingerprint density at radius 1 is 1.11 bits per heavy atom. The Hall–Kier alpha value is -3.53. The van der Waals surface area contributed by atoms with Crippen molar-refractivity contribution >= 4 is 22.8 Å². The molecule has 196 valence electrons. The van der Waals surface area contributed by atoms with Gasteiger partial charge in [0, 0.05) is 24.9 Å². The summed E-state index contributed by atoms with van der Waals surface area (Å²) < 4.78 is 26.3. The van der Waals surface area contributed by atoms with E-state index >= 15 is 4.39 Å². The third-order valence-electron chi connectivity index (χ3n) is 7.11. The highest BCUT2D eigenvalue weighted by atomic mass is 19.1. The van der Waals surface area contributed by atoms with Gasteiger partial charge in [-0.1, -0.05) is 6.07 Å². The maximum absolute atomic E-state index is 15.5. The first kappa shape index (κ1) is 25.1. The number of nitrogens with one attached hydrogen (secondary N) is 3. The number of methoxy groups -OCH3 is 1. The second kappa shape index (κ2) is 10.5. The number of carbonyl (C=O) groups is 2. The largest absolute Gasteiger partial charge is 0.492 e. The molecule has 2 fully saturated rings. The molecule has 10 heteroatoms. The number of fused-ring (bicyclic) bond motifs is 1. The van der Waals surface area contributed by atoms with E-state index < -0.39 is 5.82 Å². The molecule has 3 aromatic rings. The van der Waals surface area contributed by atoms with Crippen LogP contribution >= 0.6 is 0 Å². The van der Waals surface area contributed by atoms with Gasteiger partial charge in [0.2, 0.25) is 5.91 Å². The Bertz CT molecular complexity index is 1340. The van der Waals surface area contributed by atoms with E-state index in [1.807, 2.05) is 0 Å². The average Bonchev–Trinajstić information content (AvgIpc) is 3.49. The van der Waals surface area contributed by atoms with Gasteiger partial charge in [-0.05, 0) is 63.5 Å². The molecule has 2 amide bonds. The van der Waals surface area contributed by atoms with Crippen LogP contribution in [0.15, 0.2) is 18.5 Å². The second-order valence-electron chi connectivity index (χ2n) is 10.1. The summed E-state index contributed by atoms with van der Waals surface area (Å²) in [5.74, 6) is 0.103. The molecule has 2 heterocycles. The van der Waals surface area contributed by atoms with Crippen LogP contribution in [0.5, 0.6) is 5.75 Å². The Morgan fingerprint density at radius 2 is 1.86 bits per heavy atom. The van der Waals surface area contributed by atoms with Crippen LogP contribution in [0.3, 0.4) is 0 Å². The van der Waals surface area contributed by atoms with E-state index in [1.165, 1.54) is 13.4 Å². The quantitative estimate of drug-likeness (QED) is 0.406. The molecule has 9 nitrogen and oxygen atoms in total. The molecule has 0 bridgehead atoms. The molecule has 0 unspecified atom stereocenters. The zero-order chi connectivity index (χ0) is 26.1. The normalized spacial score (nSPS) is 19.2. The molecule has 2 aliphatic rings. The van der Waals surface area contributed by atoms with Crippen molar-refractivity contribution in [3.63, 3.8) is 0 Å². The first-order valence-electron chi connectivity index (χ1n) is 12.7. The fourth-order valence-corrected chi connectivity index (χ4v) is 4.99. The number of hydrogen-bond donors (Lipinski definition) is 3. The minimum absolute atomic E-state index is 0.00991. The van der Waals surface area contributed by atoms with E-state index in [-0.39, 0.29) is 36.1 Å². The summed E-state index contributed by atoms with van der Waals surface area (Å²) in [4.78, 5) is 37.2. The summed E-state index contributed by atoms with van der Waals surface area (Å²) in [5.41, 5.74) is 3.05. The molecule has 3 N–H and O–H groups in total. The lowest BCUT2D eigenvalue weighted by Crippen LogP contribution is -2.38. The number of ether oxygens (including phenoxy) is 2. The lowest BCUT2D eigenvalue weighted by atomic mass is 10.0. The average molecular weight is 510 g/mol. The van der Waals surface area contributed by atoms with E-state index in [0.29, 0.717) is 58.2 Å². The molecular weight excluding hydrogens is 477 g/mol. The number of aromatic amines is 1. The van der Waals surface area contributed by atoms with Crippen LogP contribution in [0.1, 0.15) is 53.7 Å². The van der Waals surface area contributed by atoms with Crippen LogP contribution in [-0.2, 0) is 9.53 Å². The van der Waals surface area contributed by atoms with Crippen LogP contribution in [0, 0.1) is 25.6 Å². The Balaban J connectivity index is 1.41. The number of aromatic nitrogens is 3. The van der Waals surface area contributed by atoms with Gasteiger partial charge in [-0.25, -0.2) is 14.4 Å². The molecule has 2 atom stereocenters. The molecule has 0 saturated heterocycles. The van der Waals surface area contributed by atoms with Crippen LogP contribution in [0.2, 0.25) is 0 Å². The molecule has 37 heavy (non-hydrogen) atoms. The lowest BCUT2D eigenvalue weighted by molar-refractivity contribution is -0.125. The van der Waals surface area contributed by atoms with Crippen molar-refractivity contribution in [3.8, 4) is 17.0 Å². The first-order valence-corrected chi connectivity index (χ1v) is 12.7. The van der Waals surface area contributed by atoms with Crippen molar-refractivity contribution in [1.82, 2.24) is 25.6 Å². The molecular formula is C27H32FN5O4.